The van der Waals surface area contributed by atoms with Crippen LogP contribution in [0.4, 0.5) is 5.95 Å². The number of benzene rings is 1. The van der Waals surface area contributed by atoms with E-state index in [0.717, 1.165) is 43.6 Å². The molecule has 1 aromatic carbocycles. The Hall–Kier alpha value is -0.820. The molecule has 0 fully saturated rings. The van der Waals surface area contributed by atoms with Crippen LogP contribution in [0.3, 0.4) is 0 Å². The van der Waals surface area contributed by atoms with E-state index in [-0.39, 0.29) is 0 Å². The number of halogens is 1. The maximum Gasteiger partial charge on any atom is 0.201 e. The van der Waals surface area contributed by atoms with Gasteiger partial charge in [-0.2, -0.15) is 0 Å². The minimum absolute atomic E-state index is 0.622. The van der Waals surface area contributed by atoms with Crippen LogP contribution in [-0.4, -0.2) is 34.1 Å². The number of anilines is 1. The average Bonchev–Trinajstić information content (AvgIpc) is 2.70. The molecule has 5 heteroatoms. The van der Waals surface area contributed by atoms with Crippen molar-refractivity contribution in [3.8, 4) is 0 Å². The molecule has 1 aromatic heterocycles. The first kappa shape index (κ1) is 14.6. The molecule has 2 aromatic rings. The highest BCUT2D eigenvalue weighted by Crippen LogP contribution is 2.20. The normalized spacial score (nSPS) is 11.6. The van der Waals surface area contributed by atoms with Gasteiger partial charge in [0.05, 0.1) is 11.0 Å². The Bertz CT molecular complexity index is 546. The molecular formula is C14H21IN4. The molecule has 0 aliphatic carbocycles. The average molecular weight is 372 g/mol. The van der Waals surface area contributed by atoms with Gasteiger partial charge in [-0.25, -0.2) is 4.98 Å². The van der Waals surface area contributed by atoms with Crippen molar-refractivity contribution < 1.29 is 0 Å². The number of rotatable bonds is 6. The summed E-state index contributed by atoms with van der Waals surface area (Å²) in [6, 6.07) is 6.29. The number of aryl methyl sites for hydroxylation is 1. The second kappa shape index (κ2) is 6.56. The fourth-order valence-corrected chi connectivity index (χ4v) is 2.82. The van der Waals surface area contributed by atoms with Gasteiger partial charge in [0.25, 0.3) is 0 Å². The molecule has 0 amide bonds. The van der Waals surface area contributed by atoms with Gasteiger partial charge in [-0.3, -0.25) is 0 Å². The van der Waals surface area contributed by atoms with Gasteiger partial charge in [0, 0.05) is 10.1 Å². The second-order valence-electron chi connectivity index (χ2n) is 4.64. The molecule has 104 valence electrons. The lowest BCUT2D eigenvalue weighted by molar-refractivity contribution is 0.294. The van der Waals surface area contributed by atoms with Crippen molar-refractivity contribution >= 4 is 39.6 Å². The van der Waals surface area contributed by atoms with Crippen molar-refractivity contribution in [1.29, 1.82) is 0 Å². The Morgan fingerprint density at radius 3 is 2.74 bits per heavy atom. The molecule has 0 saturated carbocycles. The largest absolute Gasteiger partial charge is 0.369 e. The quantitative estimate of drug-likeness (QED) is 0.794. The van der Waals surface area contributed by atoms with Crippen molar-refractivity contribution in [3.63, 3.8) is 0 Å². The molecular weight excluding hydrogens is 351 g/mol. The molecule has 2 N–H and O–H groups in total. The van der Waals surface area contributed by atoms with E-state index >= 15 is 0 Å². The Labute approximate surface area is 128 Å². The summed E-state index contributed by atoms with van der Waals surface area (Å²) in [5.74, 6) is 0.622. The highest BCUT2D eigenvalue weighted by atomic mass is 127. The van der Waals surface area contributed by atoms with Crippen molar-refractivity contribution in [2.75, 3.05) is 25.4 Å². The van der Waals surface area contributed by atoms with Crippen LogP contribution in [-0.2, 0) is 6.54 Å². The first-order valence-electron chi connectivity index (χ1n) is 6.79. The molecule has 0 bridgehead atoms. The maximum atomic E-state index is 6.02. The number of aromatic nitrogens is 2. The topological polar surface area (TPSA) is 47.1 Å². The molecule has 0 unspecified atom stereocenters. The van der Waals surface area contributed by atoms with Crippen molar-refractivity contribution in [3.05, 3.63) is 21.8 Å². The third-order valence-electron chi connectivity index (χ3n) is 3.49. The Morgan fingerprint density at radius 1 is 1.32 bits per heavy atom. The van der Waals surface area contributed by atoms with Crippen molar-refractivity contribution in [1.82, 2.24) is 14.5 Å². The molecule has 19 heavy (non-hydrogen) atoms. The zero-order valence-corrected chi connectivity index (χ0v) is 13.7. The standard InChI is InChI=1S/C14H21IN4/c1-3-18(4-2)8-5-9-19-13-7-6-11(15)10-12(13)17-14(19)16/h6-7,10H,3-5,8-9H2,1-2H3,(H2,16,17). The van der Waals surface area contributed by atoms with Gasteiger partial charge in [0.15, 0.2) is 0 Å². The predicted octanol–water partition coefficient (Wildman–Crippen LogP) is 2.96. The number of nitrogens with zero attached hydrogens (tertiary/aromatic N) is 3. The lowest BCUT2D eigenvalue weighted by atomic mass is 10.3. The first-order chi connectivity index (χ1) is 9.15. The third-order valence-corrected chi connectivity index (χ3v) is 4.16. The molecule has 0 radical (unpaired) electrons. The first-order valence-corrected chi connectivity index (χ1v) is 7.87. The Kier molecular flexibility index (Phi) is 5.04. The van der Waals surface area contributed by atoms with Crippen molar-refractivity contribution in [2.45, 2.75) is 26.8 Å². The van der Waals surface area contributed by atoms with Crippen LogP contribution in [0.15, 0.2) is 18.2 Å². The monoisotopic (exact) mass is 372 g/mol. The number of nitrogen functional groups attached to an aromatic ring is 1. The lowest BCUT2D eigenvalue weighted by Gasteiger charge is -2.18. The molecule has 2 rings (SSSR count). The minimum Gasteiger partial charge on any atom is -0.369 e. The number of hydrogen-bond donors (Lipinski definition) is 1. The van der Waals surface area contributed by atoms with Crippen molar-refractivity contribution in [2.24, 2.45) is 0 Å². The van der Waals surface area contributed by atoms with E-state index in [4.69, 9.17) is 5.73 Å². The van der Waals surface area contributed by atoms with Crippen LogP contribution in [0.5, 0.6) is 0 Å². The summed E-state index contributed by atoms with van der Waals surface area (Å²) >= 11 is 2.30. The van der Waals surface area contributed by atoms with Gasteiger partial charge in [0.1, 0.15) is 0 Å². The highest BCUT2D eigenvalue weighted by Gasteiger charge is 2.08. The van der Waals surface area contributed by atoms with E-state index in [1.807, 2.05) is 0 Å². The van der Waals surface area contributed by atoms with Crippen LogP contribution in [0.2, 0.25) is 0 Å². The highest BCUT2D eigenvalue weighted by molar-refractivity contribution is 14.1. The van der Waals surface area contributed by atoms with Gasteiger partial charge < -0.3 is 15.2 Å². The SMILES string of the molecule is CCN(CC)CCCn1c(N)nc2cc(I)ccc21. The molecule has 0 aliphatic heterocycles. The van der Waals surface area contributed by atoms with E-state index in [9.17, 15) is 0 Å². The van der Waals surface area contributed by atoms with Crippen LogP contribution in [0.1, 0.15) is 20.3 Å². The molecule has 4 nitrogen and oxygen atoms in total. The van der Waals surface area contributed by atoms with Crippen LogP contribution in [0, 0.1) is 3.57 Å². The van der Waals surface area contributed by atoms with Crippen LogP contribution in [0.25, 0.3) is 11.0 Å². The fraction of sp³-hybridized carbons (Fsp3) is 0.500. The summed E-state index contributed by atoms with van der Waals surface area (Å²) in [6.07, 6.45) is 1.10. The summed E-state index contributed by atoms with van der Waals surface area (Å²) in [4.78, 5) is 6.86. The van der Waals surface area contributed by atoms with Gasteiger partial charge in [-0.05, 0) is 66.8 Å². The van der Waals surface area contributed by atoms with Gasteiger partial charge in [-0.15, -0.1) is 0 Å². The van der Waals surface area contributed by atoms with Gasteiger partial charge in [-0.1, -0.05) is 13.8 Å². The van der Waals surface area contributed by atoms with Gasteiger partial charge in [0.2, 0.25) is 5.95 Å². The molecule has 1 heterocycles. The number of fused-ring (bicyclic) bond motifs is 1. The van der Waals surface area contributed by atoms with E-state index < -0.39 is 0 Å². The zero-order chi connectivity index (χ0) is 13.8. The van der Waals surface area contributed by atoms with E-state index in [1.54, 1.807) is 0 Å². The third kappa shape index (κ3) is 3.39. The fourth-order valence-electron chi connectivity index (χ4n) is 2.35. The maximum absolute atomic E-state index is 6.02. The van der Waals surface area contributed by atoms with Crippen LogP contribution < -0.4 is 5.73 Å². The summed E-state index contributed by atoms with van der Waals surface area (Å²) in [5.41, 5.74) is 8.15. The predicted molar refractivity (Wildman–Crippen MR) is 89.3 cm³/mol. The number of nitrogens with two attached hydrogens (primary N) is 1. The molecule has 0 atom stereocenters. The molecule has 0 saturated heterocycles. The minimum atomic E-state index is 0.622. The van der Waals surface area contributed by atoms with E-state index in [0.29, 0.717) is 5.95 Å². The molecule has 0 aliphatic rings. The summed E-state index contributed by atoms with van der Waals surface area (Å²) in [6.45, 7) is 8.65. The second-order valence-corrected chi connectivity index (χ2v) is 5.88. The summed E-state index contributed by atoms with van der Waals surface area (Å²) in [5, 5.41) is 0. The Balaban J connectivity index is 2.10. The zero-order valence-electron chi connectivity index (χ0n) is 11.6. The molecule has 0 spiro atoms. The summed E-state index contributed by atoms with van der Waals surface area (Å²) in [7, 11) is 0. The van der Waals surface area contributed by atoms with Gasteiger partial charge >= 0.3 is 0 Å². The van der Waals surface area contributed by atoms with E-state index in [1.165, 1.54) is 3.57 Å². The smallest absolute Gasteiger partial charge is 0.201 e. The number of hydrogen-bond acceptors (Lipinski definition) is 3. The Morgan fingerprint density at radius 2 is 2.05 bits per heavy atom. The summed E-state index contributed by atoms with van der Waals surface area (Å²) < 4.78 is 3.31. The van der Waals surface area contributed by atoms with Crippen LogP contribution >= 0.6 is 22.6 Å². The lowest BCUT2D eigenvalue weighted by Crippen LogP contribution is -2.25. The van der Waals surface area contributed by atoms with E-state index in [2.05, 4.69) is 69.1 Å². The number of imidazole rings is 1.